The number of aryl methyl sites for hydroxylation is 1. The largest absolute Gasteiger partial charge is 0.356 e. The fraction of sp³-hybridized carbons (Fsp3) is 0.281. The first-order valence-electron chi connectivity index (χ1n) is 13.6. The molecule has 3 atom stereocenters. The minimum atomic E-state index is -0.738. The van der Waals surface area contributed by atoms with Gasteiger partial charge >= 0.3 is 0 Å². The molecule has 6 rings (SSSR count). The summed E-state index contributed by atoms with van der Waals surface area (Å²) in [7, 11) is 0. The molecule has 0 unspecified atom stereocenters. The summed E-state index contributed by atoms with van der Waals surface area (Å²) >= 11 is 1.63. The lowest BCUT2D eigenvalue weighted by Gasteiger charge is -2.37. The molecule has 3 aromatic carbocycles. The molecule has 0 saturated heterocycles. The number of hydrogen-bond donors (Lipinski definition) is 3. The number of carbonyl (C=O) groups is 3. The summed E-state index contributed by atoms with van der Waals surface area (Å²) in [6.45, 7) is 2.41. The van der Waals surface area contributed by atoms with Gasteiger partial charge in [-0.1, -0.05) is 66.2 Å². The highest BCUT2D eigenvalue weighted by atomic mass is 32.2. The molecule has 1 aromatic heterocycles. The van der Waals surface area contributed by atoms with E-state index in [-0.39, 0.29) is 23.8 Å². The fourth-order valence-electron chi connectivity index (χ4n) is 5.93. The number of aromatic amines is 1. The van der Waals surface area contributed by atoms with Crippen LogP contribution >= 0.6 is 11.8 Å². The number of amides is 3. The summed E-state index contributed by atoms with van der Waals surface area (Å²) in [6, 6.07) is 21.8. The molecule has 0 spiro atoms. The van der Waals surface area contributed by atoms with E-state index in [2.05, 4.69) is 21.7 Å². The average molecular weight is 553 g/mol. The first kappa shape index (κ1) is 26.2. The maximum Gasteiger partial charge on any atom is 0.255 e. The summed E-state index contributed by atoms with van der Waals surface area (Å²) in [5.41, 5.74) is 6.65. The van der Waals surface area contributed by atoms with Crippen molar-refractivity contribution in [2.45, 2.75) is 44.4 Å². The Bertz CT molecular complexity index is 1600. The van der Waals surface area contributed by atoms with E-state index in [0.29, 0.717) is 24.9 Å². The minimum absolute atomic E-state index is 0.158. The first-order chi connectivity index (χ1) is 19.5. The van der Waals surface area contributed by atoms with Crippen LogP contribution in [-0.2, 0) is 22.6 Å². The fourth-order valence-corrected chi connectivity index (χ4v) is 6.40. The average Bonchev–Trinajstić information content (AvgIpc) is 3.49. The predicted molar refractivity (Wildman–Crippen MR) is 158 cm³/mol. The van der Waals surface area contributed by atoms with Gasteiger partial charge in [-0.2, -0.15) is 11.8 Å². The summed E-state index contributed by atoms with van der Waals surface area (Å²) in [5.74, 6) is 0.0315. The zero-order chi connectivity index (χ0) is 27.8. The maximum absolute atomic E-state index is 14.0. The first-order valence-corrected chi connectivity index (χ1v) is 15.0. The van der Waals surface area contributed by atoms with Crippen molar-refractivity contribution in [1.29, 1.82) is 0 Å². The van der Waals surface area contributed by atoms with Crippen molar-refractivity contribution in [2.24, 2.45) is 0 Å². The Balaban J connectivity index is 1.29. The van der Waals surface area contributed by atoms with Gasteiger partial charge in [0.1, 0.15) is 12.1 Å². The molecule has 0 fully saturated rings. The maximum atomic E-state index is 14.0. The molecular weight excluding hydrogens is 520 g/mol. The second-order valence-electron chi connectivity index (χ2n) is 10.5. The number of thioether (sulfide) groups is 1. The van der Waals surface area contributed by atoms with Crippen molar-refractivity contribution in [2.75, 3.05) is 12.0 Å². The van der Waals surface area contributed by atoms with Crippen molar-refractivity contribution in [3.05, 3.63) is 106 Å². The highest BCUT2D eigenvalue weighted by molar-refractivity contribution is 7.98. The van der Waals surface area contributed by atoms with Crippen molar-refractivity contribution >= 4 is 40.4 Å². The van der Waals surface area contributed by atoms with Crippen LogP contribution < -0.4 is 10.6 Å². The zero-order valence-electron chi connectivity index (χ0n) is 22.6. The topological polar surface area (TPSA) is 94.3 Å². The van der Waals surface area contributed by atoms with Gasteiger partial charge in [0.2, 0.25) is 11.8 Å². The lowest BCUT2D eigenvalue weighted by Crippen LogP contribution is -2.56. The van der Waals surface area contributed by atoms with Crippen LogP contribution in [0.2, 0.25) is 0 Å². The molecule has 3 N–H and O–H groups in total. The molecule has 2 aliphatic rings. The van der Waals surface area contributed by atoms with Gasteiger partial charge in [-0.05, 0) is 54.2 Å². The van der Waals surface area contributed by atoms with Gasteiger partial charge in [0.15, 0.2) is 0 Å². The van der Waals surface area contributed by atoms with Gasteiger partial charge < -0.3 is 20.5 Å². The number of H-pyrrole nitrogens is 1. The van der Waals surface area contributed by atoms with E-state index >= 15 is 0 Å². The molecule has 0 bridgehead atoms. The lowest BCUT2D eigenvalue weighted by molar-refractivity contribution is -0.132. The molecule has 7 nitrogen and oxygen atoms in total. The number of para-hydroxylation sites is 1. The SMILES string of the molecule is CSCC[C@H](NC(=O)[C@@H]1Cc2c([nH]c3ccccc23)[C@@H]2c3ccccc3C(=O)N21)C(=O)NCc1ccc(C)cc1. The third-order valence-corrected chi connectivity index (χ3v) is 8.63. The standard InChI is InChI=1S/C32H32N4O3S/c1-19-11-13-20(14-12-19)18-33-30(37)26(15-16-40-2)35-31(38)27-17-24-21-7-5-6-10-25(21)34-28(24)29-22-8-3-4-9-23(22)32(39)36(27)29/h3-14,26-27,29,34H,15-18H2,1-2H3,(H,33,37)(H,35,38)/t26-,27-,29-/m0/s1. The van der Waals surface area contributed by atoms with E-state index in [1.165, 1.54) is 0 Å². The predicted octanol–water partition coefficient (Wildman–Crippen LogP) is 4.50. The smallest absolute Gasteiger partial charge is 0.255 e. The quantitative estimate of drug-likeness (QED) is 0.300. The monoisotopic (exact) mass is 552 g/mol. The molecule has 0 saturated carbocycles. The molecule has 2 aliphatic heterocycles. The minimum Gasteiger partial charge on any atom is -0.356 e. The number of hydrogen-bond acceptors (Lipinski definition) is 4. The van der Waals surface area contributed by atoms with Gasteiger partial charge in [-0.3, -0.25) is 14.4 Å². The Labute approximate surface area is 237 Å². The number of benzene rings is 3. The number of nitrogens with zero attached hydrogens (tertiary/aromatic N) is 1. The second-order valence-corrected chi connectivity index (χ2v) is 11.5. The second kappa shape index (κ2) is 10.8. The van der Waals surface area contributed by atoms with Crippen molar-refractivity contribution in [3.63, 3.8) is 0 Å². The van der Waals surface area contributed by atoms with Gasteiger partial charge in [-0.15, -0.1) is 0 Å². The zero-order valence-corrected chi connectivity index (χ0v) is 23.4. The number of rotatable bonds is 8. The van der Waals surface area contributed by atoms with Crippen molar-refractivity contribution < 1.29 is 14.4 Å². The molecule has 4 aromatic rings. The van der Waals surface area contributed by atoms with Crippen LogP contribution in [0.1, 0.15) is 50.8 Å². The van der Waals surface area contributed by atoms with Crippen LogP contribution in [0.5, 0.6) is 0 Å². The van der Waals surface area contributed by atoms with Gasteiger partial charge in [0, 0.05) is 35.1 Å². The van der Waals surface area contributed by atoms with Crippen LogP contribution in [0.4, 0.5) is 0 Å². The summed E-state index contributed by atoms with van der Waals surface area (Å²) in [4.78, 5) is 46.2. The Morgan fingerprint density at radius 2 is 1.80 bits per heavy atom. The van der Waals surface area contributed by atoms with E-state index in [0.717, 1.165) is 44.6 Å². The molecule has 40 heavy (non-hydrogen) atoms. The number of nitrogens with one attached hydrogen (secondary N) is 3. The Morgan fingerprint density at radius 3 is 2.60 bits per heavy atom. The third-order valence-electron chi connectivity index (χ3n) is 7.99. The summed E-state index contributed by atoms with van der Waals surface area (Å²) in [6.07, 6.45) is 2.85. The van der Waals surface area contributed by atoms with Gasteiger partial charge in [0.05, 0.1) is 6.04 Å². The van der Waals surface area contributed by atoms with E-state index < -0.39 is 12.1 Å². The Kier molecular flexibility index (Phi) is 7.11. The normalized spacial score (nSPS) is 18.1. The number of aromatic nitrogens is 1. The lowest BCUT2D eigenvalue weighted by atomic mass is 9.89. The van der Waals surface area contributed by atoms with Crippen LogP contribution in [0.15, 0.2) is 72.8 Å². The molecular formula is C32H32N4O3S. The molecule has 204 valence electrons. The van der Waals surface area contributed by atoms with Crippen LogP contribution in [0.3, 0.4) is 0 Å². The number of carbonyl (C=O) groups excluding carboxylic acids is 3. The van der Waals surface area contributed by atoms with Crippen LogP contribution in [-0.4, -0.2) is 51.7 Å². The molecule has 3 amide bonds. The van der Waals surface area contributed by atoms with E-state index in [4.69, 9.17) is 0 Å². The number of fused-ring (bicyclic) bond motifs is 7. The van der Waals surface area contributed by atoms with Crippen molar-refractivity contribution in [3.8, 4) is 0 Å². The molecule has 8 heteroatoms. The van der Waals surface area contributed by atoms with E-state index in [1.54, 1.807) is 16.7 Å². The Morgan fingerprint density at radius 1 is 1.05 bits per heavy atom. The highest BCUT2D eigenvalue weighted by Gasteiger charge is 2.49. The summed E-state index contributed by atoms with van der Waals surface area (Å²) < 4.78 is 0. The summed E-state index contributed by atoms with van der Waals surface area (Å²) in [5, 5.41) is 7.08. The molecule has 0 aliphatic carbocycles. The van der Waals surface area contributed by atoms with E-state index in [9.17, 15) is 14.4 Å². The van der Waals surface area contributed by atoms with Crippen LogP contribution in [0, 0.1) is 6.92 Å². The van der Waals surface area contributed by atoms with Gasteiger partial charge in [0.25, 0.3) is 5.91 Å². The molecule has 3 heterocycles. The third kappa shape index (κ3) is 4.66. The van der Waals surface area contributed by atoms with Crippen LogP contribution in [0.25, 0.3) is 10.9 Å². The Hall–Kier alpha value is -4.04. The van der Waals surface area contributed by atoms with E-state index in [1.807, 2.05) is 79.9 Å². The van der Waals surface area contributed by atoms with Crippen molar-refractivity contribution in [1.82, 2.24) is 20.5 Å². The molecule has 0 radical (unpaired) electrons. The van der Waals surface area contributed by atoms with Gasteiger partial charge in [-0.25, -0.2) is 0 Å². The highest BCUT2D eigenvalue weighted by Crippen LogP contribution is 2.46.